The van der Waals surface area contributed by atoms with E-state index in [1.54, 1.807) is 9.80 Å². The van der Waals surface area contributed by atoms with Crippen molar-refractivity contribution >= 4 is 18.3 Å². The second kappa shape index (κ2) is 7.68. The number of carbonyl (C=O) groups is 1. The smallest absolute Gasteiger partial charge is 0.410 e. The second-order valence-electron chi connectivity index (χ2n) is 7.46. The van der Waals surface area contributed by atoms with Gasteiger partial charge in [0.15, 0.2) is 0 Å². The number of amidine groups is 1. The fraction of sp³-hybridized carbons (Fsp3) is 0.526. The van der Waals surface area contributed by atoms with Gasteiger partial charge >= 0.3 is 6.09 Å². The lowest BCUT2D eigenvalue weighted by Crippen LogP contribution is -2.48. The summed E-state index contributed by atoms with van der Waals surface area (Å²) in [6.07, 6.45) is 2.33. The molecule has 1 atom stereocenters. The van der Waals surface area contributed by atoms with Crippen LogP contribution in [0.2, 0.25) is 0 Å². The summed E-state index contributed by atoms with van der Waals surface area (Å²) in [4.78, 5) is 15.6. The topological polar surface area (TPSA) is 80.5 Å². The van der Waals surface area contributed by atoms with Gasteiger partial charge in [-0.2, -0.15) is 0 Å². The molecule has 25 heavy (non-hydrogen) atoms. The number of carbonyl (C=O) groups excluding carboxylic acids is 1. The van der Waals surface area contributed by atoms with Gasteiger partial charge in [0.05, 0.1) is 18.9 Å². The molecule has 1 aromatic rings. The van der Waals surface area contributed by atoms with Crippen LogP contribution in [0.15, 0.2) is 24.3 Å². The Labute approximate surface area is 149 Å². The highest BCUT2D eigenvalue weighted by molar-refractivity contribution is 5.95. The van der Waals surface area contributed by atoms with Gasteiger partial charge in [-0.25, -0.2) is 4.79 Å². The summed E-state index contributed by atoms with van der Waals surface area (Å²) in [6, 6.07) is 7.69. The average Bonchev–Trinajstić information content (AvgIpc) is 3.02. The van der Waals surface area contributed by atoms with Gasteiger partial charge < -0.3 is 9.64 Å². The number of likely N-dealkylation sites (tertiary alicyclic amines) is 1. The van der Waals surface area contributed by atoms with Crippen molar-refractivity contribution in [3.8, 4) is 0 Å². The van der Waals surface area contributed by atoms with Gasteiger partial charge in [0.25, 0.3) is 0 Å². The molecule has 1 saturated heterocycles. The lowest BCUT2D eigenvalue weighted by atomic mass is 10.1. The molecule has 1 aromatic carbocycles. The molecule has 0 aliphatic carbocycles. The Hall–Kier alpha value is -2.37. The van der Waals surface area contributed by atoms with Crippen molar-refractivity contribution in [1.29, 1.82) is 10.8 Å². The molecule has 1 aliphatic heterocycles. The van der Waals surface area contributed by atoms with Crippen molar-refractivity contribution in [3.63, 3.8) is 0 Å². The van der Waals surface area contributed by atoms with Gasteiger partial charge in [0.2, 0.25) is 0 Å². The maximum atomic E-state index is 12.4. The van der Waals surface area contributed by atoms with Gasteiger partial charge in [0, 0.05) is 6.54 Å². The quantitative estimate of drug-likeness (QED) is 0.644. The van der Waals surface area contributed by atoms with Crippen LogP contribution >= 0.6 is 0 Å². The molecule has 2 N–H and O–H groups in total. The summed E-state index contributed by atoms with van der Waals surface area (Å²) >= 11 is 0. The van der Waals surface area contributed by atoms with E-state index >= 15 is 0 Å². The summed E-state index contributed by atoms with van der Waals surface area (Å²) in [5.41, 5.74) is 1.64. The number of aryl methyl sites for hydroxylation is 1. The van der Waals surface area contributed by atoms with Crippen molar-refractivity contribution in [2.24, 2.45) is 0 Å². The molecule has 1 heterocycles. The lowest BCUT2D eigenvalue weighted by Gasteiger charge is -2.31. The number of hydrogen-bond acceptors (Lipinski definition) is 4. The number of hydrogen-bond donors (Lipinski definition) is 2. The molecule has 2 rings (SSSR count). The van der Waals surface area contributed by atoms with E-state index in [4.69, 9.17) is 15.6 Å². The zero-order valence-electron chi connectivity index (χ0n) is 15.5. The molecule has 0 unspecified atom stereocenters. The van der Waals surface area contributed by atoms with Crippen molar-refractivity contribution < 1.29 is 9.53 Å². The monoisotopic (exact) mass is 344 g/mol. The Morgan fingerprint density at radius 2 is 2.00 bits per heavy atom. The maximum absolute atomic E-state index is 12.4. The van der Waals surface area contributed by atoms with Crippen molar-refractivity contribution in [1.82, 2.24) is 9.80 Å². The number of ether oxygens (including phenoxy) is 1. The minimum atomic E-state index is -0.560. The molecule has 1 amide bonds. The van der Waals surface area contributed by atoms with Crippen LogP contribution in [0.4, 0.5) is 4.79 Å². The number of nitrogens with zero attached hydrogens (tertiary/aromatic N) is 2. The first-order valence-electron chi connectivity index (χ1n) is 8.62. The summed E-state index contributed by atoms with van der Waals surface area (Å²) in [6.45, 7) is 8.56. The van der Waals surface area contributed by atoms with Crippen molar-refractivity contribution in [2.75, 3.05) is 6.54 Å². The first kappa shape index (κ1) is 19.0. The van der Waals surface area contributed by atoms with E-state index in [1.165, 1.54) is 5.56 Å². The minimum absolute atomic E-state index is 0.263. The molecule has 0 aromatic heterocycles. The molecule has 1 fully saturated rings. The van der Waals surface area contributed by atoms with Gasteiger partial charge in [-0.05, 0) is 46.1 Å². The van der Waals surface area contributed by atoms with E-state index in [0.29, 0.717) is 13.1 Å². The SMILES string of the molecule is Cc1ccc(CN(C=N)C(=N)[C@H]2CCCN2C(=O)OC(C)(C)C)cc1. The van der Waals surface area contributed by atoms with E-state index in [9.17, 15) is 4.79 Å². The highest BCUT2D eigenvalue weighted by Gasteiger charge is 2.36. The van der Waals surface area contributed by atoms with Crippen molar-refractivity contribution in [2.45, 2.75) is 58.7 Å². The summed E-state index contributed by atoms with van der Waals surface area (Å²) in [7, 11) is 0. The first-order chi connectivity index (χ1) is 11.7. The highest BCUT2D eigenvalue weighted by Crippen LogP contribution is 2.23. The molecule has 0 bridgehead atoms. The van der Waals surface area contributed by atoms with Gasteiger partial charge in [0.1, 0.15) is 11.4 Å². The van der Waals surface area contributed by atoms with Gasteiger partial charge in [-0.1, -0.05) is 29.8 Å². The molecule has 1 aliphatic rings. The van der Waals surface area contributed by atoms with Gasteiger partial charge in [-0.3, -0.25) is 15.7 Å². The third-order valence-electron chi connectivity index (χ3n) is 4.14. The fourth-order valence-electron chi connectivity index (χ4n) is 2.87. The van der Waals surface area contributed by atoms with Gasteiger partial charge in [-0.15, -0.1) is 0 Å². The molecular weight excluding hydrogens is 316 g/mol. The zero-order valence-corrected chi connectivity index (χ0v) is 15.5. The van der Waals surface area contributed by atoms with E-state index < -0.39 is 5.60 Å². The highest BCUT2D eigenvalue weighted by atomic mass is 16.6. The fourth-order valence-corrected chi connectivity index (χ4v) is 2.87. The van der Waals surface area contributed by atoms with Crippen LogP contribution in [0, 0.1) is 17.7 Å². The molecule has 136 valence electrons. The van der Waals surface area contributed by atoms with Crippen LogP contribution in [0.3, 0.4) is 0 Å². The van der Waals surface area contributed by atoms with Crippen molar-refractivity contribution in [3.05, 3.63) is 35.4 Å². The first-order valence-corrected chi connectivity index (χ1v) is 8.62. The third-order valence-corrected chi connectivity index (χ3v) is 4.14. The minimum Gasteiger partial charge on any atom is -0.444 e. The van der Waals surface area contributed by atoms with Crippen LogP contribution in [-0.4, -0.2) is 46.3 Å². The Bertz CT molecular complexity index is 634. The normalized spacial score (nSPS) is 17.3. The van der Waals surface area contributed by atoms with Crippen LogP contribution in [-0.2, 0) is 11.3 Å². The number of benzene rings is 1. The largest absolute Gasteiger partial charge is 0.444 e. The predicted molar refractivity (Wildman–Crippen MR) is 99.2 cm³/mol. The third kappa shape index (κ3) is 5.05. The summed E-state index contributed by atoms with van der Waals surface area (Å²) < 4.78 is 5.46. The molecule has 0 radical (unpaired) electrons. The predicted octanol–water partition coefficient (Wildman–Crippen LogP) is 3.78. The van der Waals surface area contributed by atoms with Crippen LogP contribution in [0.25, 0.3) is 0 Å². The Morgan fingerprint density at radius 3 is 2.56 bits per heavy atom. The Morgan fingerprint density at radius 1 is 1.36 bits per heavy atom. The van der Waals surface area contributed by atoms with Crippen LogP contribution in [0.1, 0.15) is 44.7 Å². The summed E-state index contributed by atoms with van der Waals surface area (Å²) in [5, 5.41) is 16.2. The second-order valence-corrected chi connectivity index (χ2v) is 7.46. The molecule has 0 spiro atoms. The Kier molecular flexibility index (Phi) is 5.82. The zero-order chi connectivity index (χ0) is 18.6. The molecular formula is C19H28N4O2. The number of amides is 1. The standard InChI is InChI=1S/C19H28N4O2/c1-14-7-9-15(10-8-14)12-22(13-20)17(21)16-6-5-11-23(16)18(24)25-19(2,3)4/h7-10,13,16,20-21H,5-6,11-12H2,1-4H3/t16-/m1/s1. The molecule has 6 nitrogen and oxygen atoms in total. The lowest BCUT2D eigenvalue weighted by molar-refractivity contribution is 0.0261. The van der Waals surface area contributed by atoms with E-state index in [2.05, 4.69) is 0 Å². The Balaban J connectivity index is 2.08. The van der Waals surface area contributed by atoms with Crippen LogP contribution in [0.5, 0.6) is 0 Å². The number of rotatable bonds is 4. The summed E-state index contributed by atoms with van der Waals surface area (Å²) in [5.74, 6) is 0.263. The molecule has 0 saturated carbocycles. The van der Waals surface area contributed by atoms with E-state index in [-0.39, 0.29) is 18.0 Å². The van der Waals surface area contributed by atoms with Crippen LogP contribution < -0.4 is 0 Å². The molecule has 6 heteroatoms. The number of nitrogens with one attached hydrogen (secondary N) is 2. The van der Waals surface area contributed by atoms with E-state index in [0.717, 1.165) is 24.7 Å². The average molecular weight is 344 g/mol. The maximum Gasteiger partial charge on any atom is 0.410 e. The van der Waals surface area contributed by atoms with E-state index in [1.807, 2.05) is 52.0 Å².